The minimum atomic E-state index is -1.22. The van der Waals surface area contributed by atoms with Gasteiger partial charge in [-0.2, -0.15) is 0 Å². The van der Waals surface area contributed by atoms with Crippen molar-refractivity contribution < 1.29 is 24.0 Å². The van der Waals surface area contributed by atoms with E-state index in [0.717, 1.165) is 17.0 Å². The van der Waals surface area contributed by atoms with E-state index in [1.165, 1.54) is 14.0 Å². The first-order valence-corrected chi connectivity index (χ1v) is 6.13. The fraction of sp³-hybridized carbons (Fsp3) is 0.333. The van der Waals surface area contributed by atoms with Crippen LogP contribution in [-0.4, -0.2) is 39.9 Å². The number of nitro benzene ring substituents is 1. The molecule has 1 amide bonds. The number of carboxylic acid groups (broad SMARTS) is 1. The number of benzene rings is 1. The van der Waals surface area contributed by atoms with Crippen molar-refractivity contribution in [1.82, 2.24) is 4.90 Å². The van der Waals surface area contributed by atoms with Gasteiger partial charge in [-0.25, -0.2) is 9.18 Å². The average molecular weight is 319 g/mol. The van der Waals surface area contributed by atoms with Gasteiger partial charge in [-0.15, -0.1) is 0 Å². The third-order valence-electron chi connectivity index (χ3n) is 2.99. The van der Waals surface area contributed by atoms with Gasteiger partial charge in [0.15, 0.2) is 0 Å². The monoisotopic (exact) mass is 318 g/mol. The van der Waals surface area contributed by atoms with Gasteiger partial charge in [0.1, 0.15) is 11.9 Å². The van der Waals surface area contributed by atoms with Crippen LogP contribution in [0, 0.1) is 15.9 Å². The number of hydrogen-bond acceptors (Lipinski definition) is 4. The first-order valence-electron chi connectivity index (χ1n) is 5.76. The number of rotatable bonds is 5. The lowest BCUT2D eigenvalue weighted by Gasteiger charge is -2.21. The molecule has 1 unspecified atom stereocenters. The summed E-state index contributed by atoms with van der Waals surface area (Å²) in [6.45, 7) is 1.29. The molecule has 114 valence electrons. The van der Waals surface area contributed by atoms with Gasteiger partial charge >= 0.3 is 5.97 Å². The number of likely N-dealkylation sites (N-methyl/N-ethyl adjacent to an activating group) is 1. The highest BCUT2D eigenvalue weighted by Gasteiger charge is 2.25. The van der Waals surface area contributed by atoms with Crippen molar-refractivity contribution in [3.8, 4) is 0 Å². The summed E-state index contributed by atoms with van der Waals surface area (Å²) in [5.41, 5.74) is -0.664. The largest absolute Gasteiger partial charge is 0.480 e. The Bertz CT molecular complexity index is 608. The molecule has 0 bridgehead atoms. The van der Waals surface area contributed by atoms with E-state index in [2.05, 4.69) is 0 Å². The van der Waals surface area contributed by atoms with Crippen LogP contribution in [0.15, 0.2) is 12.1 Å². The van der Waals surface area contributed by atoms with E-state index >= 15 is 0 Å². The fourth-order valence-electron chi connectivity index (χ4n) is 1.56. The maximum absolute atomic E-state index is 13.4. The Hall–Kier alpha value is -2.22. The molecular formula is C12H12ClFN2O5. The van der Waals surface area contributed by atoms with Crippen LogP contribution in [0.1, 0.15) is 12.5 Å². The van der Waals surface area contributed by atoms with Crippen molar-refractivity contribution in [3.63, 3.8) is 0 Å². The third-order valence-corrected chi connectivity index (χ3v) is 3.28. The maximum Gasteiger partial charge on any atom is 0.326 e. The molecule has 21 heavy (non-hydrogen) atoms. The molecule has 0 saturated heterocycles. The molecule has 0 radical (unpaired) electrons. The van der Waals surface area contributed by atoms with Crippen molar-refractivity contribution in [3.05, 3.63) is 38.7 Å². The summed E-state index contributed by atoms with van der Waals surface area (Å²) in [7, 11) is 1.25. The molecule has 7 nitrogen and oxygen atoms in total. The first-order chi connectivity index (χ1) is 9.65. The van der Waals surface area contributed by atoms with Gasteiger partial charge in [-0.1, -0.05) is 11.6 Å². The second-order valence-corrected chi connectivity index (χ2v) is 4.75. The highest BCUT2D eigenvalue weighted by atomic mass is 35.5. The lowest BCUT2D eigenvalue weighted by molar-refractivity contribution is -0.385. The Morgan fingerprint density at radius 3 is 2.57 bits per heavy atom. The van der Waals surface area contributed by atoms with Crippen molar-refractivity contribution >= 4 is 29.2 Å². The summed E-state index contributed by atoms with van der Waals surface area (Å²) in [6, 6.07) is 0.520. The minimum absolute atomic E-state index is 0.170. The van der Waals surface area contributed by atoms with E-state index < -0.39 is 45.8 Å². The highest BCUT2D eigenvalue weighted by Crippen LogP contribution is 2.27. The molecule has 0 aliphatic carbocycles. The number of carboxylic acids is 1. The Morgan fingerprint density at radius 2 is 2.10 bits per heavy atom. The van der Waals surface area contributed by atoms with Crippen molar-refractivity contribution in [2.24, 2.45) is 0 Å². The van der Waals surface area contributed by atoms with Crippen LogP contribution in [0.5, 0.6) is 0 Å². The molecule has 0 aromatic heterocycles. The molecule has 0 aliphatic heterocycles. The Morgan fingerprint density at radius 1 is 1.52 bits per heavy atom. The number of amides is 1. The van der Waals surface area contributed by atoms with Gasteiger partial charge in [-0.3, -0.25) is 14.9 Å². The Labute approximate surface area is 124 Å². The quantitative estimate of drug-likeness (QED) is 0.659. The summed E-state index contributed by atoms with van der Waals surface area (Å²) in [5, 5.41) is 19.3. The number of carbonyl (C=O) groups excluding carboxylic acids is 1. The second-order valence-electron chi connectivity index (χ2n) is 4.35. The summed E-state index contributed by atoms with van der Waals surface area (Å²) in [6.07, 6.45) is -0.501. The summed E-state index contributed by atoms with van der Waals surface area (Å²) in [4.78, 5) is 33.7. The molecule has 1 atom stereocenters. The molecule has 0 aliphatic rings. The SMILES string of the molecule is CC(C(=O)O)N(C)C(=O)Cc1cc(F)c(Cl)cc1[N+](=O)[O-]. The molecular weight excluding hydrogens is 307 g/mol. The number of nitro groups is 1. The zero-order chi connectivity index (χ0) is 16.3. The van der Waals surface area contributed by atoms with E-state index in [1.807, 2.05) is 0 Å². The standard InChI is InChI=1S/C12H12ClFN2O5/c1-6(12(18)19)15(2)11(17)4-7-3-9(14)8(13)5-10(7)16(20)21/h3,5-6H,4H2,1-2H3,(H,18,19). The summed E-state index contributed by atoms with van der Waals surface area (Å²) in [5.74, 6) is -2.80. The van der Waals surface area contributed by atoms with Crippen LogP contribution >= 0.6 is 11.6 Å². The molecule has 1 N–H and O–H groups in total. The molecule has 1 rings (SSSR count). The average Bonchev–Trinajstić information content (AvgIpc) is 2.40. The molecule has 1 aromatic carbocycles. The molecule has 0 spiro atoms. The number of aliphatic carboxylic acids is 1. The van der Waals surface area contributed by atoms with Gasteiger partial charge < -0.3 is 10.0 Å². The van der Waals surface area contributed by atoms with E-state index in [4.69, 9.17) is 16.7 Å². The van der Waals surface area contributed by atoms with Crippen molar-refractivity contribution in [2.45, 2.75) is 19.4 Å². The van der Waals surface area contributed by atoms with Crippen LogP contribution in [0.25, 0.3) is 0 Å². The number of carbonyl (C=O) groups is 2. The van der Waals surface area contributed by atoms with E-state index in [-0.39, 0.29) is 5.56 Å². The van der Waals surface area contributed by atoms with Gasteiger partial charge in [0.25, 0.3) is 5.69 Å². The molecule has 0 fully saturated rings. The van der Waals surface area contributed by atoms with Gasteiger partial charge in [-0.05, 0) is 13.0 Å². The van der Waals surface area contributed by atoms with E-state index in [9.17, 15) is 24.1 Å². The third kappa shape index (κ3) is 3.88. The van der Waals surface area contributed by atoms with Crippen molar-refractivity contribution in [2.75, 3.05) is 7.05 Å². The molecule has 0 saturated carbocycles. The van der Waals surface area contributed by atoms with Crippen LogP contribution in [0.2, 0.25) is 5.02 Å². The number of hydrogen-bond donors (Lipinski definition) is 1. The van der Waals surface area contributed by atoms with E-state index in [1.54, 1.807) is 0 Å². The van der Waals surface area contributed by atoms with E-state index in [0.29, 0.717) is 0 Å². The maximum atomic E-state index is 13.4. The van der Waals surface area contributed by atoms with Crippen molar-refractivity contribution in [1.29, 1.82) is 0 Å². The fourth-order valence-corrected chi connectivity index (χ4v) is 1.72. The summed E-state index contributed by atoms with van der Waals surface area (Å²) >= 11 is 5.47. The Kier molecular flexibility index (Phi) is 5.20. The van der Waals surface area contributed by atoms with Crippen LogP contribution in [-0.2, 0) is 16.0 Å². The van der Waals surface area contributed by atoms with Crippen LogP contribution in [0.3, 0.4) is 0 Å². The number of halogens is 2. The lowest BCUT2D eigenvalue weighted by atomic mass is 10.1. The molecule has 1 aromatic rings. The zero-order valence-corrected chi connectivity index (χ0v) is 11.9. The van der Waals surface area contributed by atoms with Crippen LogP contribution in [0.4, 0.5) is 10.1 Å². The lowest BCUT2D eigenvalue weighted by Crippen LogP contribution is -2.41. The second kappa shape index (κ2) is 6.49. The predicted octanol–water partition coefficient (Wildman–Crippen LogP) is 1.86. The van der Waals surface area contributed by atoms with Gasteiger partial charge in [0.05, 0.1) is 16.4 Å². The zero-order valence-electron chi connectivity index (χ0n) is 11.2. The minimum Gasteiger partial charge on any atom is -0.480 e. The van der Waals surface area contributed by atoms with Crippen LogP contribution < -0.4 is 0 Å². The first kappa shape index (κ1) is 16.8. The molecule has 0 heterocycles. The molecule has 9 heteroatoms. The smallest absolute Gasteiger partial charge is 0.326 e. The van der Waals surface area contributed by atoms with Gasteiger partial charge in [0, 0.05) is 18.7 Å². The van der Waals surface area contributed by atoms with Gasteiger partial charge in [0.2, 0.25) is 5.91 Å². The predicted molar refractivity (Wildman–Crippen MR) is 71.6 cm³/mol. The topological polar surface area (TPSA) is 101 Å². The summed E-state index contributed by atoms with van der Waals surface area (Å²) < 4.78 is 13.4. The number of nitrogens with zero attached hydrogens (tertiary/aromatic N) is 2. The Balaban J connectivity index is 3.07. The normalized spacial score (nSPS) is 11.8. The highest BCUT2D eigenvalue weighted by molar-refractivity contribution is 6.31.